The normalized spacial score (nSPS) is 20.9. The van der Waals surface area contributed by atoms with Gasteiger partial charge in [0.25, 0.3) is 0 Å². The molecule has 1 aliphatic rings. The van der Waals surface area contributed by atoms with Crippen molar-refractivity contribution in [3.8, 4) is 0 Å². The number of hydrogen-bond acceptors (Lipinski definition) is 3. The third-order valence-electron chi connectivity index (χ3n) is 4.71. The SMILES string of the molecule is CCC(C(=O)c1ccccc1)N1CCC(N(CC)CC)C1. The van der Waals surface area contributed by atoms with E-state index in [1.807, 2.05) is 30.3 Å². The van der Waals surface area contributed by atoms with Crippen molar-refractivity contribution in [2.45, 2.75) is 45.7 Å². The summed E-state index contributed by atoms with van der Waals surface area (Å²) < 4.78 is 0. The van der Waals surface area contributed by atoms with E-state index in [9.17, 15) is 4.79 Å². The van der Waals surface area contributed by atoms with E-state index in [2.05, 4.69) is 30.6 Å². The molecule has 116 valence electrons. The van der Waals surface area contributed by atoms with Crippen LogP contribution in [-0.4, -0.2) is 53.8 Å². The highest BCUT2D eigenvalue weighted by atomic mass is 16.1. The summed E-state index contributed by atoms with van der Waals surface area (Å²) in [5.41, 5.74) is 0.843. The molecule has 0 radical (unpaired) electrons. The van der Waals surface area contributed by atoms with Gasteiger partial charge in [-0.25, -0.2) is 0 Å². The van der Waals surface area contributed by atoms with Crippen molar-refractivity contribution in [3.63, 3.8) is 0 Å². The first-order chi connectivity index (χ1) is 10.2. The van der Waals surface area contributed by atoms with Crippen molar-refractivity contribution < 1.29 is 4.79 Å². The molecule has 1 aromatic carbocycles. The number of Topliss-reactive ketones (excluding diaryl/α,β-unsaturated/α-hetero) is 1. The molecular weight excluding hydrogens is 260 g/mol. The molecule has 0 spiro atoms. The molecule has 21 heavy (non-hydrogen) atoms. The zero-order valence-corrected chi connectivity index (χ0v) is 13.6. The molecule has 0 saturated carbocycles. The average Bonchev–Trinajstić information content (AvgIpc) is 2.99. The predicted molar refractivity (Wildman–Crippen MR) is 87.8 cm³/mol. The van der Waals surface area contributed by atoms with Gasteiger partial charge in [-0.1, -0.05) is 51.1 Å². The van der Waals surface area contributed by atoms with E-state index in [0.29, 0.717) is 6.04 Å². The molecule has 0 aromatic heterocycles. The Balaban J connectivity index is 2.04. The summed E-state index contributed by atoms with van der Waals surface area (Å²) in [5, 5.41) is 0. The summed E-state index contributed by atoms with van der Waals surface area (Å²) in [4.78, 5) is 17.6. The van der Waals surface area contributed by atoms with Crippen molar-refractivity contribution in [2.24, 2.45) is 0 Å². The quantitative estimate of drug-likeness (QED) is 0.720. The second kappa shape index (κ2) is 7.71. The Morgan fingerprint density at radius 2 is 1.90 bits per heavy atom. The number of ketones is 1. The highest BCUT2D eigenvalue weighted by molar-refractivity contribution is 6.00. The zero-order valence-electron chi connectivity index (χ0n) is 13.6. The summed E-state index contributed by atoms with van der Waals surface area (Å²) in [7, 11) is 0. The minimum atomic E-state index is 0.0352. The maximum absolute atomic E-state index is 12.7. The van der Waals surface area contributed by atoms with Crippen LogP contribution in [0.25, 0.3) is 0 Å². The van der Waals surface area contributed by atoms with Crippen LogP contribution in [0, 0.1) is 0 Å². The van der Waals surface area contributed by atoms with Gasteiger partial charge >= 0.3 is 0 Å². The lowest BCUT2D eigenvalue weighted by Gasteiger charge is -2.29. The highest BCUT2D eigenvalue weighted by Gasteiger charge is 2.33. The van der Waals surface area contributed by atoms with Gasteiger partial charge in [0, 0.05) is 24.7 Å². The second-order valence-electron chi connectivity index (χ2n) is 5.81. The molecule has 3 nitrogen and oxygen atoms in total. The van der Waals surface area contributed by atoms with Crippen molar-refractivity contribution >= 4 is 5.78 Å². The van der Waals surface area contributed by atoms with Gasteiger partial charge in [-0.3, -0.25) is 14.6 Å². The van der Waals surface area contributed by atoms with E-state index < -0.39 is 0 Å². The zero-order chi connectivity index (χ0) is 15.2. The molecule has 0 N–H and O–H groups in total. The number of nitrogens with zero attached hydrogens (tertiary/aromatic N) is 2. The lowest BCUT2D eigenvalue weighted by atomic mass is 10.0. The molecule has 1 heterocycles. The fraction of sp³-hybridized carbons (Fsp3) is 0.611. The van der Waals surface area contributed by atoms with Gasteiger partial charge in [0.2, 0.25) is 0 Å². The standard InChI is InChI=1S/C18H28N2O/c1-4-17(18(21)15-10-8-7-9-11-15)20-13-12-16(14-20)19(5-2)6-3/h7-11,16-17H,4-6,12-14H2,1-3H3. The fourth-order valence-corrected chi connectivity index (χ4v) is 3.49. The topological polar surface area (TPSA) is 23.6 Å². The molecule has 3 heteroatoms. The third-order valence-corrected chi connectivity index (χ3v) is 4.71. The monoisotopic (exact) mass is 288 g/mol. The van der Waals surface area contributed by atoms with E-state index >= 15 is 0 Å². The van der Waals surface area contributed by atoms with Crippen LogP contribution < -0.4 is 0 Å². The van der Waals surface area contributed by atoms with Crippen molar-refractivity contribution in [2.75, 3.05) is 26.2 Å². The minimum Gasteiger partial charge on any atom is -0.300 e. The van der Waals surface area contributed by atoms with Crippen LogP contribution in [0.2, 0.25) is 0 Å². The van der Waals surface area contributed by atoms with Gasteiger partial charge in [0.15, 0.2) is 5.78 Å². The molecular formula is C18H28N2O. The van der Waals surface area contributed by atoms with Crippen LogP contribution in [-0.2, 0) is 0 Å². The number of likely N-dealkylation sites (N-methyl/N-ethyl adjacent to an activating group) is 1. The summed E-state index contributed by atoms with van der Waals surface area (Å²) >= 11 is 0. The summed E-state index contributed by atoms with van der Waals surface area (Å²) in [5.74, 6) is 0.276. The number of carbonyl (C=O) groups excluding carboxylic acids is 1. The summed E-state index contributed by atoms with van der Waals surface area (Å²) in [6, 6.07) is 10.4. The van der Waals surface area contributed by atoms with Crippen LogP contribution in [0.3, 0.4) is 0 Å². The van der Waals surface area contributed by atoms with E-state index in [1.54, 1.807) is 0 Å². The minimum absolute atomic E-state index is 0.0352. The van der Waals surface area contributed by atoms with E-state index in [-0.39, 0.29) is 11.8 Å². The third kappa shape index (κ3) is 3.72. The first kappa shape index (κ1) is 16.2. The Morgan fingerprint density at radius 1 is 1.24 bits per heavy atom. The van der Waals surface area contributed by atoms with Gasteiger partial charge in [0.1, 0.15) is 0 Å². The molecule has 1 aromatic rings. The first-order valence-electron chi connectivity index (χ1n) is 8.28. The Morgan fingerprint density at radius 3 is 2.48 bits per heavy atom. The smallest absolute Gasteiger partial charge is 0.179 e. The highest BCUT2D eigenvalue weighted by Crippen LogP contribution is 2.21. The van der Waals surface area contributed by atoms with Gasteiger partial charge in [-0.15, -0.1) is 0 Å². The number of rotatable bonds is 7. The maximum atomic E-state index is 12.7. The molecule has 1 aliphatic heterocycles. The fourth-order valence-electron chi connectivity index (χ4n) is 3.49. The molecule has 1 fully saturated rings. The number of benzene rings is 1. The molecule has 0 amide bonds. The van der Waals surface area contributed by atoms with E-state index in [4.69, 9.17) is 0 Å². The maximum Gasteiger partial charge on any atom is 0.179 e. The van der Waals surface area contributed by atoms with Crippen molar-refractivity contribution in [1.82, 2.24) is 9.80 Å². The Labute approximate surface area is 128 Å². The Kier molecular flexibility index (Phi) is 5.95. The molecule has 2 unspecified atom stereocenters. The van der Waals surface area contributed by atoms with Gasteiger partial charge in [-0.2, -0.15) is 0 Å². The first-order valence-corrected chi connectivity index (χ1v) is 8.28. The predicted octanol–water partition coefficient (Wildman–Crippen LogP) is 3.06. The largest absolute Gasteiger partial charge is 0.300 e. The Hall–Kier alpha value is -1.19. The van der Waals surface area contributed by atoms with E-state index in [1.165, 1.54) is 6.42 Å². The average molecular weight is 288 g/mol. The van der Waals surface area contributed by atoms with Crippen molar-refractivity contribution in [1.29, 1.82) is 0 Å². The molecule has 0 aliphatic carbocycles. The Bertz CT molecular complexity index is 442. The lowest BCUT2D eigenvalue weighted by Crippen LogP contribution is -2.43. The summed E-state index contributed by atoms with van der Waals surface area (Å²) in [6.07, 6.45) is 2.07. The van der Waals surface area contributed by atoms with Crippen molar-refractivity contribution in [3.05, 3.63) is 35.9 Å². The van der Waals surface area contributed by atoms with Gasteiger partial charge in [-0.05, 0) is 25.9 Å². The van der Waals surface area contributed by atoms with Gasteiger partial charge in [0.05, 0.1) is 6.04 Å². The molecule has 2 atom stereocenters. The van der Waals surface area contributed by atoms with Crippen LogP contribution in [0.15, 0.2) is 30.3 Å². The van der Waals surface area contributed by atoms with E-state index in [0.717, 1.165) is 38.2 Å². The lowest BCUT2D eigenvalue weighted by molar-refractivity contribution is 0.0831. The molecule has 1 saturated heterocycles. The van der Waals surface area contributed by atoms with Crippen LogP contribution in [0.1, 0.15) is 44.0 Å². The van der Waals surface area contributed by atoms with Gasteiger partial charge < -0.3 is 0 Å². The number of carbonyl (C=O) groups is 1. The molecule has 2 rings (SSSR count). The second-order valence-corrected chi connectivity index (χ2v) is 5.81. The summed E-state index contributed by atoms with van der Waals surface area (Å²) in [6.45, 7) is 10.8. The van der Waals surface area contributed by atoms with Crippen LogP contribution in [0.5, 0.6) is 0 Å². The molecule has 0 bridgehead atoms. The number of hydrogen-bond donors (Lipinski definition) is 0. The number of likely N-dealkylation sites (tertiary alicyclic amines) is 1. The van der Waals surface area contributed by atoms with Crippen LogP contribution >= 0.6 is 0 Å². The van der Waals surface area contributed by atoms with Crippen LogP contribution in [0.4, 0.5) is 0 Å².